The van der Waals surface area contributed by atoms with Crippen molar-refractivity contribution in [3.63, 3.8) is 0 Å². The summed E-state index contributed by atoms with van der Waals surface area (Å²) in [6, 6.07) is 7.81. The molecule has 1 aliphatic rings. The SMILES string of the molecule is Cc1cccc(OCC(=O)N2CCCCCC2)c1. The molecule has 1 saturated heterocycles. The van der Waals surface area contributed by atoms with Gasteiger partial charge < -0.3 is 9.64 Å². The first kappa shape index (κ1) is 12.9. The number of likely N-dealkylation sites (tertiary alicyclic amines) is 1. The molecule has 1 aliphatic heterocycles. The average Bonchev–Trinajstić information content (AvgIpc) is 2.65. The van der Waals surface area contributed by atoms with Crippen LogP contribution in [0.3, 0.4) is 0 Å². The fraction of sp³-hybridized carbons (Fsp3) is 0.533. The van der Waals surface area contributed by atoms with Gasteiger partial charge in [0, 0.05) is 13.1 Å². The second-order valence-corrected chi connectivity index (χ2v) is 4.90. The predicted octanol–water partition coefficient (Wildman–Crippen LogP) is 2.78. The standard InChI is InChI=1S/C15H21NO2/c1-13-7-6-8-14(11-13)18-12-15(17)16-9-4-2-3-5-10-16/h6-8,11H,2-5,9-10,12H2,1H3. The van der Waals surface area contributed by atoms with Crippen molar-refractivity contribution in [1.29, 1.82) is 0 Å². The zero-order valence-electron chi connectivity index (χ0n) is 11.0. The number of ether oxygens (including phenoxy) is 1. The maximum absolute atomic E-state index is 12.0. The summed E-state index contributed by atoms with van der Waals surface area (Å²) in [6.45, 7) is 3.94. The van der Waals surface area contributed by atoms with E-state index >= 15 is 0 Å². The van der Waals surface area contributed by atoms with E-state index in [0.717, 1.165) is 37.2 Å². The summed E-state index contributed by atoms with van der Waals surface area (Å²) in [7, 11) is 0. The third kappa shape index (κ3) is 3.76. The summed E-state index contributed by atoms with van der Waals surface area (Å²) in [5.41, 5.74) is 1.15. The second-order valence-electron chi connectivity index (χ2n) is 4.90. The molecule has 2 rings (SSSR count). The third-order valence-corrected chi connectivity index (χ3v) is 3.31. The number of carbonyl (C=O) groups excluding carboxylic acids is 1. The van der Waals surface area contributed by atoms with Crippen LogP contribution in [-0.4, -0.2) is 30.5 Å². The molecule has 18 heavy (non-hydrogen) atoms. The third-order valence-electron chi connectivity index (χ3n) is 3.31. The van der Waals surface area contributed by atoms with E-state index in [9.17, 15) is 4.79 Å². The van der Waals surface area contributed by atoms with Gasteiger partial charge in [-0.1, -0.05) is 25.0 Å². The van der Waals surface area contributed by atoms with Crippen LogP contribution in [0.5, 0.6) is 5.75 Å². The van der Waals surface area contributed by atoms with E-state index in [1.165, 1.54) is 12.8 Å². The number of amides is 1. The highest BCUT2D eigenvalue weighted by atomic mass is 16.5. The number of rotatable bonds is 3. The molecule has 0 aliphatic carbocycles. The molecule has 1 heterocycles. The van der Waals surface area contributed by atoms with Gasteiger partial charge in [-0.15, -0.1) is 0 Å². The Morgan fingerprint density at radius 3 is 2.61 bits per heavy atom. The van der Waals surface area contributed by atoms with Gasteiger partial charge in [-0.3, -0.25) is 4.79 Å². The first-order chi connectivity index (χ1) is 8.75. The maximum Gasteiger partial charge on any atom is 0.260 e. The lowest BCUT2D eigenvalue weighted by Gasteiger charge is -2.20. The van der Waals surface area contributed by atoms with Gasteiger partial charge in [0.25, 0.3) is 5.91 Å². The molecule has 1 fully saturated rings. The minimum atomic E-state index is 0.110. The van der Waals surface area contributed by atoms with Crippen LogP contribution in [0.25, 0.3) is 0 Å². The molecule has 0 unspecified atom stereocenters. The van der Waals surface area contributed by atoms with Gasteiger partial charge in [-0.25, -0.2) is 0 Å². The maximum atomic E-state index is 12.0. The minimum absolute atomic E-state index is 0.110. The molecule has 1 aromatic carbocycles. The Kier molecular flexibility index (Phi) is 4.62. The van der Waals surface area contributed by atoms with Crippen LogP contribution in [0.2, 0.25) is 0 Å². The number of benzene rings is 1. The Morgan fingerprint density at radius 2 is 1.94 bits per heavy atom. The fourth-order valence-corrected chi connectivity index (χ4v) is 2.26. The molecule has 1 amide bonds. The van der Waals surface area contributed by atoms with Gasteiger partial charge in [0.05, 0.1) is 0 Å². The molecular formula is C15H21NO2. The fourth-order valence-electron chi connectivity index (χ4n) is 2.26. The van der Waals surface area contributed by atoms with E-state index in [1.807, 2.05) is 36.1 Å². The largest absolute Gasteiger partial charge is 0.484 e. The van der Waals surface area contributed by atoms with E-state index < -0.39 is 0 Å². The lowest BCUT2D eigenvalue weighted by atomic mass is 10.2. The lowest BCUT2D eigenvalue weighted by molar-refractivity contribution is -0.133. The van der Waals surface area contributed by atoms with Crippen molar-refractivity contribution in [1.82, 2.24) is 4.90 Å². The average molecular weight is 247 g/mol. The van der Waals surface area contributed by atoms with Crippen LogP contribution in [0.4, 0.5) is 0 Å². The number of carbonyl (C=O) groups is 1. The van der Waals surface area contributed by atoms with Gasteiger partial charge >= 0.3 is 0 Å². The number of nitrogens with zero attached hydrogens (tertiary/aromatic N) is 1. The highest BCUT2D eigenvalue weighted by Crippen LogP contribution is 2.13. The number of aryl methyl sites for hydroxylation is 1. The monoisotopic (exact) mass is 247 g/mol. The smallest absolute Gasteiger partial charge is 0.260 e. The molecule has 0 atom stereocenters. The highest BCUT2D eigenvalue weighted by molar-refractivity contribution is 5.77. The molecule has 1 aromatic rings. The van der Waals surface area contributed by atoms with Gasteiger partial charge in [-0.05, 0) is 37.5 Å². The minimum Gasteiger partial charge on any atom is -0.484 e. The zero-order valence-corrected chi connectivity index (χ0v) is 11.0. The van der Waals surface area contributed by atoms with E-state index in [0.29, 0.717) is 0 Å². The van der Waals surface area contributed by atoms with E-state index in [4.69, 9.17) is 4.74 Å². The van der Waals surface area contributed by atoms with Crippen LogP contribution in [0.1, 0.15) is 31.2 Å². The van der Waals surface area contributed by atoms with Crippen LogP contribution in [0.15, 0.2) is 24.3 Å². The van der Waals surface area contributed by atoms with E-state index in [-0.39, 0.29) is 12.5 Å². The molecule has 0 aromatic heterocycles. The summed E-state index contributed by atoms with van der Waals surface area (Å²) in [6.07, 6.45) is 4.72. The van der Waals surface area contributed by atoms with Crippen molar-refractivity contribution in [3.05, 3.63) is 29.8 Å². The van der Waals surface area contributed by atoms with Gasteiger partial charge in [0.15, 0.2) is 6.61 Å². The van der Waals surface area contributed by atoms with Crippen molar-refractivity contribution >= 4 is 5.91 Å². The molecule has 98 valence electrons. The highest BCUT2D eigenvalue weighted by Gasteiger charge is 2.15. The molecule has 0 N–H and O–H groups in total. The first-order valence-electron chi connectivity index (χ1n) is 6.73. The molecular weight excluding hydrogens is 226 g/mol. The first-order valence-corrected chi connectivity index (χ1v) is 6.73. The lowest BCUT2D eigenvalue weighted by Crippen LogP contribution is -2.35. The summed E-state index contributed by atoms with van der Waals surface area (Å²) >= 11 is 0. The Hall–Kier alpha value is -1.51. The summed E-state index contributed by atoms with van der Waals surface area (Å²) in [5, 5.41) is 0. The molecule has 0 spiro atoms. The van der Waals surface area contributed by atoms with Crippen molar-refractivity contribution in [3.8, 4) is 5.75 Å². The molecule has 3 heteroatoms. The van der Waals surface area contributed by atoms with Crippen LogP contribution in [0, 0.1) is 6.92 Å². The second kappa shape index (κ2) is 6.43. The predicted molar refractivity (Wildman–Crippen MR) is 71.7 cm³/mol. The Labute approximate surface area is 109 Å². The Bertz CT molecular complexity index is 395. The molecule has 0 bridgehead atoms. The van der Waals surface area contributed by atoms with Crippen molar-refractivity contribution < 1.29 is 9.53 Å². The van der Waals surface area contributed by atoms with E-state index in [2.05, 4.69) is 0 Å². The van der Waals surface area contributed by atoms with Crippen LogP contribution >= 0.6 is 0 Å². The summed E-state index contributed by atoms with van der Waals surface area (Å²) < 4.78 is 5.55. The van der Waals surface area contributed by atoms with Crippen molar-refractivity contribution in [2.75, 3.05) is 19.7 Å². The van der Waals surface area contributed by atoms with Gasteiger partial charge in [-0.2, -0.15) is 0 Å². The van der Waals surface area contributed by atoms with Crippen LogP contribution < -0.4 is 4.74 Å². The molecule has 3 nitrogen and oxygen atoms in total. The van der Waals surface area contributed by atoms with Crippen molar-refractivity contribution in [2.24, 2.45) is 0 Å². The molecule has 0 radical (unpaired) electrons. The number of hydrogen-bond donors (Lipinski definition) is 0. The summed E-state index contributed by atoms with van der Waals surface area (Å²) in [4.78, 5) is 13.9. The topological polar surface area (TPSA) is 29.5 Å². The quantitative estimate of drug-likeness (QED) is 0.822. The zero-order chi connectivity index (χ0) is 12.8. The van der Waals surface area contributed by atoms with Gasteiger partial charge in [0.1, 0.15) is 5.75 Å². The molecule has 0 saturated carbocycles. The van der Waals surface area contributed by atoms with Crippen LogP contribution in [-0.2, 0) is 4.79 Å². The number of hydrogen-bond acceptors (Lipinski definition) is 2. The summed E-state index contributed by atoms with van der Waals surface area (Å²) in [5.74, 6) is 0.886. The Morgan fingerprint density at radius 1 is 1.22 bits per heavy atom. The Balaban J connectivity index is 1.83. The normalized spacial score (nSPS) is 16.2. The van der Waals surface area contributed by atoms with Gasteiger partial charge in [0.2, 0.25) is 0 Å². The van der Waals surface area contributed by atoms with E-state index in [1.54, 1.807) is 0 Å². The van der Waals surface area contributed by atoms with Crippen molar-refractivity contribution in [2.45, 2.75) is 32.6 Å².